The number of carbonyl (C=O) groups excluding carboxylic acids is 1. The molecule has 0 fully saturated rings. The first kappa shape index (κ1) is 17.7. The van der Waals surface area contributed by atoms with E-state index >= 15 is 0 Å². The zero-order valence-corrected chi connectivity index (χ0v) is 15.2. The largest absolute Gasteiger partial charge is 0.493 e. The standard InChI is InChI=1S/C20H21NO5/c1-5-26-20(22)16-15-13(21-17(16)12-9-7-6-8-10-12)11-14(23-2)18(24-3)19(15)25-4/h6-11,21H,5H2,1-4H3. The number of rotatable bonds is 6. The van der Waals surface area contributed by atoms with Crippen molar-refractivity contribution in [2.45, 2.75) is 6.92 Å². The number of hydrogen-bond acceptors (Lipinski definition) is 5. The number of fused-ring (bicyclic) bond motifs is 1. The molecule has 0 bridgehead atoms. The Kier molecular flexibility index (Phi) is 5.02. The molecule has 3 aromatic rings. The highest BCUT2D eigenvalue weighted by Gasteiger charge is 2.27. The molecule has 0 aliphatic rings. The Bertz CT molecular complexity index is 931. The van der Waals surface area contributed by atoms with Crippen molar-refractivity contribution in [3.05, 3.63) is 42.0 Å². The highest BCUT2D eigenvalue weighted by Crippen LogP contribution is 2.46. The molecule has 3 rings (SSSR count). The number of aromatic nitrogens is 1. The average molecular weight is 355 g/mol. The summed E-state index contributed by atoms with van der Waals surface area (Å²) in [6, 6.07) is 11.4. The van der Waals surface area contributed by atoms with Crippen LogP contribution >= 0.6 is 0 Å². The maximum atomic E-state index is 12.8. The van der Waals surface area contributed by atoms with E-state index < -0.39 is 5.97 Å². The number of ether oxygens (including phenoxy) is 4. The van der Waals surface area contributed by atoms with Gasteiger partial charge in [-0.2, -0.15) is 0 Å². The maximum absolute atomic E-state index is 12.8. The Morgan fingerprint density at radius 3 is 2.27 bits per heavy atom. The third-order valence-corrected chi connectivity index (χ3v) is 4.13. The third kappa shape index (κ3) is 2.83. The van der Waals surface area contributed by atoms with Crippen molar-refractivity contribution in [2.75, 3.05) is 27.9 Å². The molecule has 26 heavy (non-hydrogen) atoms. The van der Waals surface area contributed by atoms with Gasteiger partial charge in [-0.25, -0.2) is 4.79 Å². The van der Waals surface area contributed by atoms with E-state index in [-0.39, 0.29) is 6.61 Å². The lowest BCUT2D eigenvalue weighted by atomic mass is 10.0. The van der Waals surface area contributed by atoms with Gasteiger partial charge >= 0.3 is 5.97 Å². The Hall–Kier alpha value is -3.15. The van der Waals surface area contributed by atoms with Crippen LogP contribution in [0, 0.1) is 0 Å². The first-order chi connectivity index (χ1) is 12.7. The van der Waals surface area contributed by atoms with Crippen LogP contribution in [0.2, 0.25) is 0 Å². The van der Waals surface area contributed by atoms with Gasteiger partial charge in [0, 0.05) is 6.07 Å². The van der Waals surface area contributed by atoms with Crippen LogP contribution < -0.4 is 14.2 Å². The summed E-state index contributed by atoms with van der Waals surface area (Å²) in [6.45, 7) is 2.05. The SMILES string of the molecule is CCOC(=O)c1c(-c2ccccc2)[nH]c2cc(OC)c(OC)c(OC)c12. The van der Waals surface area contributed by atoms with E-state index in [1.807, 2.05) is 30.3 Å². The van der Waals surface area contributed by atoms with Crippen molar-refractivity contribution in [2.24, 2.45) is 0 Å². The number of methoxy groups -OCH3 is 3. The molecule has 1 N–H and O–H groups in total. The van der Waals surface area contributed by atoms with E-state index in [9.17, 15) is 4.79 Å². The molecule has 0 aliphatic heterocycles. The van der Waals surface area contributed by atoms with Gasteiger partial charge in [-0.15, -0.1) is 0 Å². The molecule has 136 valence electrons. The van der Waals surface area contributed by atoms with E-state index in [1.54, 1.807) is 20.1 Å². The van der Waals surface area contributed by atoms with Crippen molar-refractivity contribution in [1.29, 1.82) is 0 Å². The Morgan fingerprint density at radius 1 is 1.00 bits per heavy atom. The lowest BCUT2D eigenvalue weighted by Gasteiger charge is -2.13. The second-order valence-electron chi connectivity index (χ2n) is 5.53. The fourth-order valence-corrected chi connectivity index (χ4v) is 3.05. The second kappa shape index (κ2) is 7.39. The average Bonchev–Trinajstić information content (AvgIpc) is 3.06. The van der Waals surface area contributed by atoms with Gasteiger partial charge in [0.2, 0.25) is 5.75 Å². The number of H-pyrrole nitrogens is 1. The molecule has 1 aromatic heterocycles. The van der Waals surface area contributed by atoms with Gasteiger partial charge in [0.25, 0.3) is 0 Å². The summed E-state index contributed by atoms with van der Waals surface area (Å²) in [5.41, 5.74) is 2.63. The van der Waals surface area contributed by atoms with Crippen LogP contribution in [-0.2, 0) is 4.74 Å². The zero-order chi connectivity index (χ0) is 18.7. The van der Waals surface area contributed by atoms with Crippen LogP contribution in [0.25, 0.3) is 22.2 Å². The fourth-order valence-electron chi connectivity index (χ4n) is 3.05. The van der Waals surface area contributed by atoms with Crippen LogP contribution in [0.4, 0.5) is 0 Å². The normalized spacial score (nSPS) is 10.6. The van der Waals surface area contributed by atoms with Crippen molar-refractivity contribution in [3.63, 3.8) is 0 Å². The first-order valence-corrected chi connectivity index (χ1v) is 8.23. The monoisotopic (exact) mass is 355 g/mol. The van der Waals surface area contributed by atoms with E-state index in [1.165, 1.54) is 14.2 Å². The van der Waals surface area contributed by atoms with Crippen LogP contribution in [0.1, 0.15) is 17.3 Å². The Balaban J connectivity index is 2.41. The minimum absolute atomic E-state index is 0.273. The topological polar surface area (TPSA) is 69.8 Å². The molecule has 0 unspecified atom stereocenters. The van der Waals surface area contributed by atoms with Gasteiger partial charge in [-0.3, -0.25) is 0 Å². The van der Waals surface area contributed by atoms with Crippen molar-refractivity contribution in [3.8, 4) is 28.5 Å². The summed E-state index contributed by atoms with van der Waals surface area (Å²) < 4.78 is 21.7. The fraction of sp³-hybridized carbons (Fsp3) is 0.250. The molecule has 6 nitrogen and oxygen atoms in total. The van der Waals surface area contributed by atoms with Gasteiger partial charge in [-0.1, -0.05) is 30.3 Å². The number of esters is 1. The molecule has 0 saturated heterocycles. The van der Waals surface area contributed by atoms with Gasteiger partial charge < -0.3 is 23.9 Å². The van der Waals surface area contributed by atoms with Gasteiger partial charge in [0.05, 0.1) is 50.1 Å². The molecular formula is C20H21NO5. The summed E-state index contributed by atoms with van der Waals surface area (Å²) in [5.74, 6) is 0.922. The van der Waals surface area contributed by atoms with E-state index in [0.29, 0.717) is 39.4 Å². The summed E-state index contributed by atoms with van der Waals surface area (Å²) in [5, 5.41) is 0.599. The number of hydrogen-bond donors (Lipinski definition) is 1. The molecule has 0 amide bonds. The van der Waals surface area contributed by atoms with Crippen LogP contribution in [0.5, 0.6) is 17.2 Å². The Morgan fingerprint density at radius 2 is 1.69 bits per heavy atom. The Labute approximate surface area is 151 Å². The molecule has 0 atom stereocenters. The summed E-state index contributed by atoms with van der Waals surface area (Å²) in [4.78, 5) is 16.1. The third-order valence-electron chi connectivity index (χ3n) is 4.13. The molecule has 0 saturated carbocycles. The van der Waals surface area contributed by atoms with E-state index in [2.05, 4.69) is 4.98 Å². The van der Waals surface area contributed by atoms with Gasteiger partial charge in [0.15, 0.2) is 11.5 Å². The van der Waals surface area contributed by atoms with Crippen molar-refractivity contribution < 1.29 is 23.7 Å². The zero-order valence-electron chi connectivity index (χ0n) is 15.2. The van der Waals surface area contributed by atoms with Crippen molar-refractivity contribution in [1.82, 2.24) is 4.98 Å². The lowest BCUT2D eigenvalue weighted by molar-refractivity contribution is 0.0529. The predicted octanol–water partition coefficient (Wildman–Crippen LogP) is 4.04. The van der Waals surface area contributed by atoms with Crippen molar-refractivity contribution >= 4 is 16.9 Å². The summed E-state index contributed by atoms with van der Waals surface area (Å²) in [6.07, 6.45) is 0. The smallest absolute Gasteiger partial charge is 0.341 e. The molecule has 6 heteroatoms. The van der Waals surface area contributed by atoms with Crippen LogP contribution in [-0.4, -0.2) is 38.9 Å². The van der Waals surface area contributed by atoms with Crippen LogP contribution in [0.3, 0.4) is 0 Å². The molecule has 1 heterocycles. The maximum Gasteiger partial charge on any atom is 0.341 e. The van der Waals surface area contributed by atoms with E-state index in [0.717, 1.165) is 5.56 Å². The first-order valence-electron chi connectivity index (χ1n) is 8.23. The number of carbonyl (C=O) groups is 1. The number of benzene rings is 2. The summed E-state index contributed by atoms with van der Waals surface area (Å²) in [7, 11) is 4.61. The summed E-state index contributed by atoms with van der Waals surface area (Å²) >= 11 is 0. The van der Waals surface area contributed by atoms with E-state index in [4.69, 9.17) is 18.9 Å². The predicted molar refractivity (Wildman–Crippen MR) is 99.3 cm³/mol. The lowest BCUT2D eigenvalue weighted by Crippen LogP contribution is -2.06. The minimum Gasteiger partial charge on any atom is -0.493 e. The molecule has 2 aromatic carbocycles. The minimum atomic E-state index is -0.428. The number of nitrogens with one attached hydrogen (secondary N) is 1. The van der Waals surface area contributed by atoms with Crippen LogP contribution in [0.15, 0.2) is 36.4 Å². The molecule has 0 spiro atoms. The quantitative estimate of drug-likeness (QED) is 0.676. The highest BCUT2D eigenvalue weighted by atomic mass is 16.5. The number of aromatic amines is 1. The molecule has 0 radical (unpaired) electrons. The highest BCUT2D eigenvalue weighted by molar-refractivity contribution is 6.13. The molecular weight excluding hydrogens is 334 g/mol. The second-order valence-corrected chi connectivity index (χ2v) is 5.53. The van der Waals surface area contributed by atoms with Gasteiger partial charge in [0.1, 0.15) is 0 Å². The van der Waals surface area contributed by atoms with Gasteiger partial charge in [-0.05, 0) is 12.5 Å². The molecule has 0 aliphatic carbocycles.